The van der Waals surface area contributed by atoms with Gasteiger partial charge in [0.25, 0.3) is 0 Å². The Morgan fingerprint density at radius 3 is 2.65 bits per heavy atom. The zero-order valence-corrected chi connectivity index (χ0v) is 12.2. The second-order valence-corrected chi connectivity index (χ2v) is 5.12. The molecule has 2 heterocycles. The first-order valence-electron chi connectivity index (χ1n) is 7.02. The molecule has 7 nitrogen and oxygen atoms in total. The van der Waals surface area contributed by atoms with Crippen LogP contribution in [0.3, 0.4) is 0 Å². The quantitative estimate of drug-likeness (QED) is 0.836. The maximum Gasteiger partial charge on any atom is 0.246 e. The van der Waals surface area contributed by atoms with Crippen molar-refractivity contribution in [2.24, 2.45) is 7.05 Å². The van der Waals surface area contributed by atoms with Gasteiger partial charge in [-0.05, 0) is 12.8 Å². The van der Waals surface area contributed by atoms with E-state index in [0.717, 1.165) is 6.42 Å². The van der Waals surface area contributed by atoms with E-state index in [4.69, 9.17) is 0 Å². The molecule has 1 aliphatic rings. The molecule has 0 bridgehead atoms. The molecule has 1 N–H and O–H groups in total. The number of rotatable bonds is 5. The predicted molar refractivity (Wildman–Crippen MR) is 72.5 cm³/mol. The van der Waals surface area contributed by atoms with Gasteiger partial charge in [0.2, 0.25) is 11.8 Å². The van der Waals surface area contributed by atoms with Crippen molar-refractivity contribution < 1.29 is 9.59 Å². The fourth-order valence-electron chi connectivity index (χ4n) is 2.49. The van der Waals surface area contributed by atoms with Crippen LogP contribution in [0.2, 0.25) is 0 Å². The number of carbonyl (C=O) groups is 2. The van der Waals surface area contributed by atoms with E-state index in [1.807, 2.05) is 13.8 Å². The summed E-state index contributed by atoms with van der Waals surface area (Å²) < 4.78 is 1.59. The van der Waals surface area contributed by atoms with Crippen LogP contribution in [0, 0.1) is 0 Å². The first-order valence-corrected chi connectivity index (χ1v) is 7.02. The molecule has 2 unspecified atom stereocenters. The summed E-state index contributed by atoms with van der Waals surface area (Å²) in [7, 11) is 1.78. The smallest absolute Gasteiger partial charge is 0.246 e. The van der Waals surface area contributed by atoms with Gasteiger partial charge in [0, 0.05) is 13.2 Å². The summed E-state index contributed by atoms with van der Waals surface area (Å²) in [6.07, 6.45) is 3.87. The van der Waals surface area contributed by atoms with E-state index in [-0.39, 0.29) is 11.8 Å². The SMILES string of the molecule is CCCC1C(=O)NC(CC)C(=O)N1Cc1cn(C)nn1. The molecule has 1 aliphatic heterocycles. The number of hydrogen-bond acceptors (Lipinski definition) is 4. The van der Waals surface area contributed by atoms with Crippen LogP contribution in [0.1, 0.15) is 38.8 Å². The summed E-state index contributed by atoms with van der Waals surface area (Å²) in [5, 5.41) is 10.7. The van der Waals surface area contributed by atoms with Crippen molar-refractivity contribution >= 4 is 11.8 Å². The molecule has 1 saturated heterocycles. The molecular formula is C13H21N5O2. The van der Waals surface area contributed by atoms with E-state index in [9.17, 15) is 9.59 Å². The molecule has 7 heteroatoms. The molecule has 1 aromatic heterocycles. The maximum atomic E-state index is 12.5. The number of nitrogens with one attached hydrogen (secondary N) is 1. The summed E-state index contributed by atoms with van der Waals surface area (Å²) in [6.45, 7) is 4.23. The number of hydrogen-bond donors (Lipinski definition) is 1. The molecule has 0 aliphatic carbocycles. The Kier molecular flexibility index (Phi) is 4.36. The van der Waals surface area contributed by atoms with Crippen LogP contribution < -0.4 is 5.32 Å². The molecule has 0 saturated carbocycles. The molecule has 1 aromatic rings. The number of piperazine rings is 1. The highest BCUT2D eigenvalue weighted by atomic mass is 16.2. The Morgan fingerprint density at radius 2 is 2.10 bits per heavy atom. The lowest BCUT2D eigenvalue weighted by Gasteiger charge is -2.38. The third-order valence-corrected chi connectivity index (χ3v) is 3.53. The largest absolute Gasteiger partial charge is 0.343 e. The standard InChI is InChI=1S/C13H21N5O2/c1-4-6-11-12(19)14-10(5-2)13(20)18(11)8-9-7-17(3)16-15-9/h7,10-11H,4-6,8H2,1-3H3,(H,14,19). The predicted octanol–water partition coefficient (Wildman–Crippen LogP) is 0.221. The van der Waals surface area contributed by atoms with Gasteiger partial charge in [-0.2, -0.15) is 0 Å². The van der Waals surface area contributed by atoms with Crippen LogP contribution in [0.15, 0.2) is 6.20 Å². The second kappa shape index (κ2) is 6.02. The van der Waals surface area contributed by atoms with Gasteiger partial charge < -0.3 is 10.2 Å². The zero-order chi connectivity index (χ0) is 14.7. The minimum atomic E-state index is -0.424. The first-order chi connectivity index (χ1) is 9.56. The summed E-state index contributed by atoms with van der Waals surface area (Å²) in [5.41, 5.74) is 0.700. The lowest BCUT2D eigenvalue weighted by atomic mass is 10.0. The minimum absolute atomic E-state index is 0.0313. The highest BCUT2D eigenvalue weighted by Crippen LogP contribution is 2.18. The van der Waals surface area contributed by atoms with Crippen LogP contribution in [-0.4, -0.2) is 43.8 Å². The summed E-state index contributed by atoms with van der Waals surface area (Å²) >= 11 is 0. The van der Waals surface area contributed by atoms with E-state index in [1.165, 1.54) is 0 Å². The first kappa shape index (κ1) is 14.5. The van der Waals surface area contributed by atoms with Crippen molar-refractivity contribution in [2.75, 3.05) is 0 Å². The number of nitrogens with zero attached hydrogens (tertiary/aromatic N) is 4. The van der Waals surface area contributed by atoms with Crippen LogP contribution in [-0.2, 0) is 23.2 Å². The molecule has 0 radical (unpaired) electrons. The second-order valence-electron chi connectivity index (χ2n) is 5.12. The summed E-state index contributed by atoms with van der Waals surface area (Å²) in [5.74, 6) is -0.0987. The molecule has 2 rings (SSSR count). The molecule has 0 aromatic carbocycles. The number of aryl methyl sites for hydroxylation is 1. The third-order valence-electron chi connectivity index (χ3n) is 3.53. The lowest BCUT2D eigenvalue weighted by molar-refractivity contribution is -0.150. The Balaban J connectivity index is 2.22. The van der Waals surface area contributed by atoms with Gasteiger partial charge in [-0.15, -0.1) is 5.10 Å². The van der Waals surface area contributed by atoms with Crippen LogP contribution in [0.4, 0.5) is 0 Å². The van der Waals surface area contributed by atoms with Gasteiger partial charge >= 0.3 is 0 Å². The highest BCUT2D eigenvalue weighted by Gasteiger charge is 2.39. The number of carbonyl (C=O) groups excluding carboxylic acids is 2. The van der Waals surface area contributed by atoms with Crippen molar-refractivity contribution in [3.8, 4) is 0 Å². The van der Waals surface area contributed by atoms with E-state index in [2.05, 4.69) is 15.6 Å². The normalized spacial score (nSPS) is 23.1. The monoisotopic (exact) mass is 279 g/mol. The van der Waals surface area contributed by atoms with Crippen LogP contribution in [0.25, 0.3) is 0 Å². The highest BCUT2D eigenvalue weighted by molar-refractivity contribution is 5.96. The van der Waals surface area contributed by atoms with Crippen molar-refractivity contribution in [1.82, 2.24) is 25.2 Å². The molecule has 2 amide bonds. The molecule has 0 spiro atoms. The molecule has 20 heavy (non-hydrogen) atoms. The number of aromatic nitrogens is 3. The maximum absolute atomic E-state index is 12.5. The Bertz CT molecular complexity index is 499. The molecule has 1 fully saturated rings. The Labute approximate surface area is 118 Å². The van der Waals surface area contributed by atoms with E-state index >= 15 is 0 Å². The fourth-order valence-corrected chi connectivity index (χ4v) is 2.49. The van der Waals surface area contributed by atoms with Gasteiger partial charge in [-0.25, -0.2) is 0 Å². The zero-order valence-electron chi connectivity index (χ0n) is 12.2. The average Bonchev–Trinajstić information content (AvgIpc) is 2.83. The summed E-state index contributed by atoms with van der Waals surface area (Å²) in [6, 6.07) is -0.829. The van der Waals surface area contributed by atoms with Gasteiger partial charge in [0.05, 0.1) is 6.54 Å². The fraction of sp³-hybridized carbons (Fsp3) is 0.692. The van der Waals surface area contributed by atoms with Crippen LogP contribution >= 0.6 is 0 Å². The van der Waals surface area contributed by atoms with Crippen molar-refractivity contribution in [1.29, 1.82) is 0 Å². The molecule has 2 atom stereocenters. The summed E-state index contributed by atoms with van der Waals surface area (Å²) in [4.78, 5) is 26.3. The van der Waals surface area contributed by atoms with Gasteiger partial charge in [-0.3, -0.25) is 14.3 Å². The van der Waals surface area contributed by atoms with Crippen molar-refractivity contribution in [3.05, 3.63) is 11.9 Å². The topological polar surface area (TPSA) is 80.1 Å². The van der Waals surface area contributed by atoms with Gasteiger partial charge in [-0.1, -0.05) is 25.5 Å². The van der Waals surface area contributed by atoms with E-state index < -0.39 is 12.1 Å². The average molecular weight is 279 g/mol. The van der Waals surface area contributed by atoms with E-state index in [0.29, 0.717) is 25.1 Å². The van der Waals surface area contributed by atoms with Crippen molar-refractivity contribution in [2.45, 2.75) is 51.7 Å². The van der Waals surface area contributed by atoms with Crippen molar-refractivity contribution in [3.63, 3.8) is 0 Å². The molecular weight excluding hydrogens is 258 g/mol. The minimum Gasteiger partial charge on any atom is -0.343 e. The lowest BCUT2D eigenvalue weighted by Crippen LogP contribution is -2.62. The van der Waals surface area contributed by atoms with E-state index in [1.54, 1.807) is 22.8 Å². The third kappa shape index (κ3) is 2.81. The number of amides is 2. The van der Waals surface area contributed by atoms with Gasteiger partial charge in [0.15, 0.2) is 0 Å². The Morgan fingerprint density at radius 1 is 1.35 bits per heavy atom. The Hall–Kier alpha value is -1.92. The van der Waals surface area contributed by atoms with Crippen LogP contribution in [0.5, 0.6) is 0 Å². The van der Waals surface area contributed by atoms with Gasteiger partial charge in [0.1, 0.15) is 17.8 Å². The molecule has 110 valence electrons.